The summed E-state index contributed by atoms with van der Waals surface area (Å²) in [6, 6.07) is 5.12. The molecule has 0 spiro atoms. The van der Waals surface area contributed by atoms with Crippen LogP contribution in [0.1, 0.15) is 12.8 Å². The lowest BCUT2D eigenvalue weighted by Crippen LogP contribution is -2.43. The Hall–Kier alpha value is -0.520. The summed E-state index contributed by atoms with van der Waals surface area (Å²) in [7, 11) is 0. The molecule has 0 saturated carbocycles. The smallest absolute Gasteiger partial charge is 0.156 e. The number of benzene rings is 1. The molecule has 1 saturated heterocycles. The Labute approximate surface area is 128 Å². The van der Waals surface area contributed by atoms with E-state index in [0.29, 0.717) is 28.9 Å². The number of aliphatic hydroxyl groups excluding tert-OH is 2. The number of piperidine rings is 1. The van der Waals surface area contributed by atoms with Crippen LogP contribution in [0.3, 0.4) is 0 Å². The number of halogens is 2. The third-order valence-corrected chi connectivity index (χ3v) is 3.88. The molecule has 0 aliphatic carbocycles. The molecule has 2 rings (SSSR count). The summed E-state index contributed by atoms with van der Waals surface area (Å²) < 4.78 is 5.49. The molecule has 1 heterocycles. The van der Waals surface area contributed by atoms with E-state index in [1.54, 1.807) is 18.2 Å². The number of β-amino-alcohol motifs (C(OH)–C–C–N with tert-alkyl or cyclic N) is 2. The molecule has 112 valence electrons. The van der Waals surface area contributed by atoms with Gasteiger partial charge in [-0.15, -0.1) is 0 Å². The Balaban J connectivity index is 1.81. The maximum absolute atomic E-state index is 10.00. The van der Waals surface area contributed by atoms with Gasteiger partial charge in [-0.3, -0.25) is 4.90 Å². The molecule has 0 unspecified atom stereocenters. The first-order valence-corrected chi connectivity index (χ1v) is 7.47. The van der Waals surface area contributed by atoms with Gasteiger partial charge in [-0.25, -0.2) is 0 Å². The van der Waals surface area contributed by atoms with E-state index in [9.17, 15) is 10.2 Å². The molecule has 0 amide bonds. The minimum atomic E-state index is -0.646. The van der Waals surface area contributed by atoms with Crippen LogP contribution in [-0.2, 0) is 0 Å². The topological polar surface area (TPSA) is 52.9 Å². The van der Waals surface area contributed by atoms with E-state index < -0.39 is 6.10 Å². The third kappa shape index (κ3) is 4.50. The van der Waals surface area contributed by atoms with Crippen LogP contribution in [0, 0.1) is 0 Å². The van der Waals surface area contributed by atoms with Crippen LogP contribution in [0.2, 0.25) is 10.0 Å². The van der Waals surface area contributed by atoms with E-state index in [1.807, 2.05) is 4.90 Å². The highest BCUT2D eigenvalue weighted by Gasteiger charge is 2.20. The average molecular weight is 320 g/mol. The first-order valence-electron chi connectivity index (χ1n) is 6.71. The summed E-state index contributed by atoms with van der Waals surface area (Å²) in [5.41, 5.74) is 0. The number of hydrogen-bond donors (Lipinski definition) is 2. The molecule has 1 aliphatic rings. The molecule has 1 aliphatic heterocycles. The van der Waals surface area contributed by atoms with Gasteiger partial charge in [0.15, 0.2) is 5.75 Å². The van der Waals surface area contributed by atoms with Gasteiger partial charge in [0, 0.05) is 13.1 Å². The van der Waals surface area contributed by atoms with Crippen LogP contribution >= 0.6 is 23.2 Å². The van der Waals surface area contributed by atoms with Gasteiger partial charge < -0.3 is 14.9 Å². The Bertz CT molecular complexity index is 424. The second-order valence-corrected chi connectivity index (χ2v) is 5.89. The zero-order chi connectivity index (χ0) is 14.5. The molecule has 0 radical (unpaired) electrons. The van der Waals surface area contributed by atoms with E-state index in [0.717, 1.165) is 19.4 Å². The second-order valence-electron chi connectivity index (χ2n) is 5.07. The Morgan fingerprint density at radius 2 is 2.05 bits per heavy atom. The monoisotopic (exact) mass is 319 g/mol. The first-order chi connectivity index (χ1) is 9.56. The van der Waals surface area contributed by atoms with E-state index in [1.165, 1.54) is 0 Å². The van der Waals surface area contributed by atoms with E-state index in [4.69, 9.17) is 27.9 Å². The molecule has 1 aromatic carbocycles. The van der Waals surface area contributed by atoms with Crippen LogP contribution in [0.25, 0.3) is 0 Å². The Morgan fingerprint density at radius 3 is 2.70 bits per heavy atom. The highest BCUT2D eigenvalue weighted by Crippen LogP contribution is 2.32. The van der Waals surface area contributed by atoms with Gasteiger partial charge in [0.25, 0.3) is 0 Å². The fourth-order valence-electron chi connectivity index (χ4n) is 2.35. The van der Waals surface area contributed by atoms with Gasteiger partial charge >= 0.3 is 0 Å². The number of para-hydroxylation sites is 1. The van der Waals surface area contributed by atoms with Gasteiger partial charge in [-0.2, -0.15) is 0 Å². The van der Waals surface area contributed by atoms with Crippen molar-refractivity contribution in [1.29, 1.82) is 0 Å². The summed E-state index contributed by atoms with van der Waals surface area (Å²) in [5, 5.41) is 20.4. The van der Waals surface area contributed by atoms with Gasteiger partial charge in [0.05, 0.1) is 16.1 Å². The lowest BCUT2D eigenvalue weighted by Gasteiger charge is -2.31. The predicted octanol–water partition coefficient (Wildman–Crippen LogP) is 2.19. The fraction of sp³-hybridized carbons (Fsp3) is 0.571. The van der Waals surface area contributed by atoms with Crippen LogP contribution in [0.15, 0.2) is 18.2 Å². The minimum Gasteiger partial charge on any atom is -0.488 e. The number of hydrogen-bond acceptors (Lipinski definition) is 4. The van der Waals surface area contributed by atoms with Crippen LogP contribution in [0.4, 0.5) is 0 Å². The normalized spacial score (nSPS) is 21.7. The second kappa shape index (κ2) is 7.48. The van der Waals surface area contributed by atoms with Crippen molar-refractivity contribution in [3.63, 3.8) is 0 Å². The molecular weight excluding hydrogens is 301 g/mol. The van der Waals surface area contributed by atoms with Crippen LogP contribution in [-0.4, -0.2) is 53.6 Å². The molecule has 1 aromatic rings. The van der Waals surface area contributed by atoms with Gasteiger partial charge in [0.1, 0.15) is 12.7 Å². The van der Waals surface area contributed by atoms with Crippen molar-refractivity contribution in [1.82, 2.24) is 4.90 Å². The van der Waals surface area contributed by atoms with Crippen molar-refractivity contribution in [2.45, 2.75) is 25.0 Å². The molecule has 1 fully saturated rings. The molecule has 2 atom stereocenters. The molecule has 0 bridgehead atoms. The highest BCUT2D eigenvalue weighted by atomic mass is 35.5. The zero-order valence-corrected chi connectivity index (χ0v) is 12.6. The first kappa shape index (κ1) is 15.9. The van der Waals surface area contributed by atoms with E-state index >= 15 is 0 Å². The van der Waals surface area contributed by atoms with Crippen LogP contribution in [0.5, 0.6) is 5.75 Å². The number of aliphatic hydroxyl groups is 2. The largest absolute Gasteiger partial charge is 0.488 e. The Morgan fingerprint density at radius 1 is 1.35 bits per heavy atom. The average Bonchev–Trinajstić information content (AvgIpc) is 2.38. The minimum absolute atomic E-state index is 0.121. The lowest BCUT2D eigenvalue weighted by molar-refractivity contribution is 0.0243. The van der Waals surface area contributed by atoms with Gasteiger partial charge in [-0.1, -0.05) is 29.3 Å². The molecular formula is C14H19Cl2NO3. The Kier molecular flexibility index (Phi) is 5.93. The molecule has 6 heteroatoms. The van der Waals surface area contributed by atoms with Gasteiger partial charge in [0.2, 0.25) is 0 Å². The molecule has 4 nitrogen and oxygen atoms in total. The fourth-order valence-corrected chi connectivity index (χ4v) is 2.85. The summed E-state index contributed by atoms with van der Waals surface area (Å²) in [6.45, 7) is 2.08. The summed E-state index contributed by atoms with van der Waals surface area (Å²) in [5.74, 6) is 0.397. The van der Waals surface area contributed by atoms with E-state index in [-0.39, 0.29) is 12.7 Å². The quantitative estimate of drug-likeness (QED) is 0.873. The number of ether oxygens (including phenoxy) is 1. The van der Waals surface area contributed by atoms with Crippen molar-refractivity contribution < 1.29 is 14.9 Å². The molecule has 0 aromatic heterocycles. The SMILES string of the molecule is O[C@@H]1CCCN(C[C@@H](O)COc2c(Cl)cccc2Cl)C1. The third-order valence-electron chi connectivity index (χ3n) is 3.29. The van der Waals surface area contributed by atoms with Crippen molar-refractivity contribution in [3.8, 4) is 5.75 Å². The predicted molar refractivity (Wildman–Crippen MR) is 79.6 cm³/mol. The summed E-state index contributed by atoms with van der Waals surface area (Å²) in [6.07, 6.45) is 0.839. The highest BCUT2D eigenvalue weighted by molar-refractivity contribution is 6.37. The molecule has 20 heavy (non-hydrogen) atoms. The van der Waals surface area contributed by atoms with Crippen LogP contribution < -0.4 is 4.74 Å². The van der Waals surface area contributed by atoms with Gasteiger partial charge in [-0.05, 0) is 31.5 Å². The number of rotatable bonds is 5. The number of nitrogens with zero attached hydrogens (tertiary/aromatic N) is 1. The maximum atomic E-state index is 10.00. The van der Waals surface area contributed by atoms with E-state index in [2.05, 4.69) is 0 Å². The van der Waals surface area contributed by atoms with Crippen molar-refractivity contribution in [2.75, 3.05) is 26.2 Å². The summed E-state index contributed by atoms with van der Waals surface area (Å²) >= 11 is 12.0. The zero-order valence-electron chi connectivity index (χ0n) is 11.1. The maximum Gasteiger partial charge on any atom is 0.156 e. The standard InChI is InChI=1S/C14H19Cl2NO3/c15-12-4-1-5-13(16)14(12)20-9-11(19)8-17-6-2-3-10(18)7-17/h1,4-5,10-11,18-19H,2-3,6-9H2/t10-,11-/m1/s1. The van der Waals surface area contributed by atoms with Crippen molar-refractivity contribution in [3.05, 3.63) is 28.2 Å². The van der Waals surface area contributed by atoms with Crippen molar-refractivity contribution >= 4 is 23.2 Å². The summed E-state index contributed by atoms with van der Waals surface area (Å²) in [4.78, 5) is 2.04. The number of likely N-dealkylation sites (tertiary alicyclic amines) is 1. The van der Waals surface area contributed by atoms with Crippen molar-refractivity contribution in [2.24, 2.45) is 0 Å². The lowest BCUT2D eigenvalue weighted by atomic mass is 10.1. The molecule has 2 N–H and O–H groups in total.